The number of nitrogens with zero attached hydrogens (tertiary/aromatic N) is 1. The summed E-state index contributed by atoms with van der Waals surface area (Å²) in [5, 5.41) is 18.0. The third kappa shape index (κ3) is 2.59. The molecule has 1 atom stereocenters. The van der Waals surface area contributed by atoms with Crippen molar-refractivity contribution in [2.24, 2.45) is 0 Å². The Balaban J connectivity index is 2.41. The minimum absolute atomic E-state index is 0.0253. The molecule has 0 saturated heterocycles. The summed E-state index contributed by atoms with van der Waals surface area (Å²) in [5.41, 5.74) is 1.28. The van der Waals surface area contributed by atoms with E-state index in [-0.39, 0.29) is 22.4 Å². The number of rotatable bonds is 4. The summed E-state index contributed by atoms with van der Waals surface area (Å²) in [4.78, 5) is 4.20. The van der Waals surface area contributed by atoms with Gasteiger partial charge in [0, 0.05) is 6.42 Å². The van der Waals surface area contributed by atoms with E-state index in [2.05, 4.69) is 17.2 Å². The lowest BCUT2D eigenvalue weighted by atomic mass is 10.1. The summed E-state index contributed by atoms with van der Waals surface area (Å²) in [5.74, 6) is -0.426. The first kappa shape index (κ1) is 11.9. The van der Waals surface area contributed by atoms with Crippen LogP contribution in [-0.4, -0.2) is 25.3 Å². The summed E-state index contributed by atoms with van der Waals surface area (Å²) in [6.45, 7) is 0. The summed E-state index contributed by atoms with van der Waals surface area (Å²) in [7, 11) is 0. The first-order valence-corrected chi connectivity index (χ1v) is 5.69. The van der Waals surface area contributed by atoms with Gasteiger partial charge in [-0.2, -0.15) is 0 Å². The molecule has 0 bridgehead atoms. The molecule has 88 valence electrons. The molecule has 0 amide bonds. The maximum atomic E-state index is 9.40. The Morgan fingerprint density at radius 3 is 2.59 bits per heavy atom. The van der Waals surface area contributed by atoms with E-state index in [0.29, 0.717) is 11.1 Å². The van der Waals surface area contributed by atoms with Crippen molar-refractivity contribution in [1.82, 2.24) is 4.98 Å². The summed E-state index contributed by atoms with van der Waals surface area (Å²) < 4.78 is 5.46. The second kappa shape index (κ2) is 4.77. The van der Waals surface area contributed by atoms with Crippen LogP contribution in [-0.2, 0) is 0 Å². The Labute approximate surface area is 108 Å². The zero-order valence-electron chi connectivity index (χ0n) is 8.66. The second-order valence-corrected chi connectivity index (χ2v) is 4.40. The van der Waals surface area contributed by atoms with Crippen LogP contribution in [0.5, 0.6) is 0 Å². The number of aromatic nitrogens is 1. The van der Waals surface area contributed by atoms with Gasteiger partial charge in [0.1, 0.15) is 11.4 Å². The van der Waals surface area contributed by atoms with Gasteiger partial charge in [-0.15, -0.1) is 0 Å². The molecule has 1 aromatic heterocycles. The minimum Gasteiger partial charge on any atom is -0.502 e. The van der Waals surface area contributed by atoms with E-state index in [1.807, 2.05) is 12.1 Å². The maximum absolute atomic E-state index is 9.40. The van der Waals surface area contributed by atoms with Crippen LogP contribution in [0.1, 0.15) is 18.2 Å². The molecule has 0 spiro atoms. The third-order valence-electron chi connectivity index (χ3n) is 2.29. The molecule has 2 rings (SSSR count). The summed E-state index contributed by atoms with van der Waals surface area (Å²) in [6.07, 6.45) is 0.0253. The minimum atomic E-state index is -0.685. The highest BCUT2D eigenvalue weighted by Crippen LogP contribution is 2.25. The van der Waals surface area contributed by atoms with Crippen LogP contribution in [0.4, 0.5) is 0 Å². The number of fused-ring (bicyclic) bond motifs is 1. The van der Waals surface area contributed by atoms with Gasteiger partial charge in [0.15, 0.2) is 15.7 Å². The number of hydrogen-bond donors (Lipinski definition) is 2. The van der Waals surface area contributed by atoms with Gasteiger partial charge in [-0.25, -0.2) is 4.98 Å². The zero-order chi connectivity index (χ0) is 12.4. The Morgan fingerprint density at radius 1 is 1.29 bits per heavy atom. The molecule has 0 fully saturated rings. The van der Waals surface area contributed by atoms with Crippen molar-refractivity contribution in [2.45, 2.75) is 12.3 Å². The predicted molar refractivity (Wildman–Crippen MR) is 71.8 cm³/mol. The molecule has 0 aliphatic heterocycles. The lowest BCUT2D eigenvalue weighted by Crippen LogP contribution is -2.13. The number of thiocarbonyl (C=S) groups is 2. The van der Waals surface area contributed by atoms with Crippen molar-refractivity contribution in [3.05, 3.63) is 30.2 Å². The lowest BCUT2D eigenvalue weighted by molar-refractivity contribution is 0.459. The first-order chi connectivity index (χ1) is 8.08. The van der Waals surface area contributed by atoms with Crippen LogP contribution < -0.4 is 0 Å². The van der Waals surface area contributed by atoms with Crippen molar-refractivity contribution in [3.8, 4) is 0 Å². The molecule has 0 aliphatic carbocycles. The van der Waals surface area contributed by atoms with E-state index >= 15 is 0 Å². The number of hydrogen-bond acceptors (Lipinski definition) is 4. The van der Waals surface area contributed by atoms with Crippen LogP contribution in [0.25, 0.3) is 11.1 Å². The molecule has 1 aromatic carbocycles. The Kier molecular flexibility index (Phi) is 3.35. The van der Waals surface area contributed by atoms with Crippen molar-refractivity contribution < 1.29 is 14.6 Å². The highest BCUT2D eigenvalue weighted by molar-refractivity contribution is 7.80. The Morgan fingerprint density at radius 2 is 2.00 bits per heavy atom. The fourth-order valence-electron chi connectivity index (χ4n) is 1.49. The first-order valence-electron chi connectivity index (χ1n) is 4.88. The van der Waals surface area contributed by atoms with Crippen LogP contribution in [0.2, 0.25) is 0 Å². The molecule has 0 saturated carbocycles. The van der Waals surface area contributed by atoms with Crippen LogP contribution >= 0.6 is 24.4 Å². The largest absolute Gasteiger partial charge is 0.502 e. The number of aliphatic hydroxyl groups is 2. The lowest BCUT2D eigenvalue weighted by Gasteiger charge is -2.07. The third-order valence-corrected chi connectivity index (χ3v) is 2.74. The number of aliphatic hydroxyl groups excluding tert-OH is 2. The quantitative estimate of drug-likeness (QED) is 0.830. The van der Waals surface area contributed by atoms with Crippen LogP contribution in [0.3, 0.4) is 0 Å². The van der Waals surface area contributed by atoms with Crippen molar-refractivity contribution in [1.29, 1.82) is 0 Å². The predicted octanol–water partition coefficient (Wildman–Crippen LogP) is 3.07. The van der Waals surface area contributed by atoms with Crippen molar-refractivity contribution >= 4 is 45.6 Å². The fraction of sp³-hybridized carbons (Fsp3) is 0.182. The number of oxazole rings is 1. The van der Waals surface area contributed by atoms with E-state index in [4.69, 9.17) is 21.7 Å². The molecule has 1 heterocycles. The monoisotopic (exact) mass is 267 g/mol. The van der Waals surface area contributed by atoms with Gasteiger partial charge < -0.3 is 14.6 Å². The van der Waals surface area contributed by atoms with E-state index in [9.17, 15) is 5.11 Å². The molecule has 1 unspecified atom stereocenters. The molecule has 2 N–H and O–H groups in total. The molecular formula is C11H9NO3S2. The van der Waals surface area contributed by atoms with Gasteiger partial charge in [0.25, 0.3) is 0 Å². The number of para-hydroxylation sites is 2. The molecular weight excluding hydrogens is 258 g/mol. The topological polar surface area (TPSA) is 66.5 Å². The highest BCUT2D eigenvalue weighted by atomic mass is 32.1. The molecule has 4 nitrogen and oxygen atoms in total. The molecule has 17 heavy (non-hydrogen) atoms. The number of benzene rings is 1. The van der Waals surface area contributed by atoms with Crippen LogP contribution in [0.15, 0.2) is 28.7 Å². The van der Waals surface area contributed by atoms with Crippen molar-refractivity contribution in [2.75, 3.05) is 0 Å². The zero-order valence-corrected chi connectivity index (χ0v) is 10.3. The van der Waals surface area contributed by atoms with Gasteiger partial charge in [0.05, 0.1) is 0 Å². The van der Waals surface area contributed by atoms with Crippen molar-refractivity contribution in [3.63, 3.8) is 0 Å². The Bertz CT molecular complexity index is 546. The van der Waals surface area contributed by atoms with Crippen LogP contribution in [0, 0.1) is 0 Å². The molecule has 2 aromatic rings. The Hall–Kier alpha value is -1.53. The average molecular weight is 267 g/mol. The SMILES string of the molecule is OC(=S)CC(C(O)=S)c1nc2ccccc2o1. The standard InChI is InChI=1S/C11H9NO3S2/c13-9(16)5-6(11(14)17)10-12-7-3-1-2-4-8(7)15-10/h1-4,6H,5H2,(H,13,16)(H,14,17). The molecule has 0 aliphatic rings. The molecule has 6 heteroatoms. The summed E-state index contributed by atoms with van der Waals surface area (Å²) in [6, 6.07) is 7.20. The van der Waals surface area contributed by atoms with E-state index in [1.165, 1.54) is 0 Å². The highest BCUT2D eigenvalue weighted by Gasteiger charge is 2.24. The second-order valence-electron chi connectivity index (χ2n) is 3.51. The van der Waals surface area contributed by atoms with Gasteiger partial charge >= 0.3 is 0 Å². The van der Waals surface area contributed by atoms with E-state index in [1.54, 1.807) is 12.1 Å². The van der Waals surface area contributed by atoms with Gasteiger partial charge in [0.2, 0.25) is 5.89 Å². The summed E-state index contributed by atoms with van der Waals surface area (Å²) >= 11 is 9.29. The smallest absolute Gasteiger partial charge is 0.207 e. The van der Waals surface area contributed by atoms with Gasteiger partial charge in [-0.05, 0) is 36.6 Å². The maximum Gasteiger partial charge on any atom is 0.207 e. The fourth-order valence-corrected chi connectivity index (χ4v) is 1.84. The molecule has 0 radical (unpaired) electrons. The average Bonchev–Trinajstić information content (AvgIpc) is 2.68. The van der Waals surface area contributed by atoms with E-state index < -0.39 is 5.92 Å². The normalized spacial score (nSPS) is 12.5. The van der Waals surface area contributed by atoms with Gasteiger partial charge in [-0.3, -0.25) is 0 Å². The van der Waals surface area contributed by atoms with Gasteiger partial charge in [-0.1, -0.05) is 12.1 Å². The van der Waals surface area contributed by atoms with E-state index in [0.717, 1.165) is 0 Å².